The van der Waals surface area contributed by atoms with E-state index in [2.05, 4.69) is 6.07 Å². The molecule has 8 nitrogen and oxygen atoms in total. The van der Waals surface area contributed by atoms with Gasteiger partial charge in [0.05, 0.1) is 34.2 Å². The van der Waals surface area contributed by atoms with Crippen molar-refractivity contribution in [2.24, 2.45) is 0 Å². The van der Waals surface area contributed by atoms with Crippen LogP contribution in [-0.4, -0.2) is 22.0 Å². The number of ether oxygens (including phenoxy) is 1. The number of nitrogens with zero attached hydrogens (tertiary/aromatic N) is 3. The lowest BCUT2D eigenvalue weighted by Crippen LogP contribution is -2.09. The second kappa shape index (κ2) is 7.56. The summed E-state index contributed by atoms with van der Waals surface area (Å²) in [5, 5.41) is 21.5. The van der Waals surface area contributed by atoms with Crippen molar-refractivity contribution < 1.29 is 18.9 Å². The highest BCUT2D eigenvalue weighted by molar-refractivity contribution is 6.02. The fourth-order valence-electron chi connectivity index (χ4n) is 3.28. The Balaban J connectivity index is 1.75. The van der Waals surface area contributed by atoms with Crippen LogP contribution in [-0.2, 0) is 0 Å². The van der Waals surface area contributed by atoms with Crippen LogP contribution in [0.25, 0.3) is 22.2 Å². The van der Waals surface area contributed by atoms with Crippen molar-refractivity contribution in [3.8, 4) is 23.1 Å². The molecule has 0 unspecified atom stereocenters. The number of aromatic nitrogens is 1. The Morgan fingerprint density at radius 2 is 2.03 bits per heavy atom. The van der Waals surface area contributed by atoms with E-state index in [-0.39, 0.29) is 22.8 Å². The summed E-state index contributed by atoms with van der Waals surface area (Å²) in [5.41, 5.74) is 0.988. The van der Waals surface area contributed by atoms with Gasteiger partial charge in [-0.25, -0.2) is 0 Å². The lowest BCUT2D eigenvalue weighted by atomic mass is 10.1. The molecule has 2 aromatic carbocycles. The summed E-state index contributed by atoms with van der Waals surface area (Å²) in [6.07, 6.45) is 1.45. The predicted octanol–water partition coefficient (Wildman–Crippen LogP) is 4.77. The number of carbonyl (C=O) groups is 1. The molecule has 0 fully saturated rings. The van der Waals surface area contributed by atoms with Crippen LogP contribution in [0, 0.1) is 21.4 Å². The molecule has 0 saturated heterocycles. The van der Waals surface area contributed by atoms with E-state index in [0.29, 0.717) is 28.8 Å². The highest BCUT2D eigenvalue weighted by Gasteiger charge is 2.23. The van der Waals surface area contributed by atoms with Crippen LogP contribution in [0.1, 0.15) is 23.0 Å². The molecule has 8 heteroatoms. The standard InChI is InChI=1S/C22H15N3O5/c1-2-29-15-7-8-17(19(11-15)25(27)28)20-9-10-21(30-20)22(26)24-13-14(12-23)16-5-3-4-6-18(16)24/h3-11,13H,2H2,1H3. The van der Waals surface area contributed by atoms with Gasteiger partial charge in [0, 0.05) is 11.6 Å². The summed E-state index contributed by atoms with van der Waals surface area (Å²) in [5.74, 6) is 0.0784. The van der Waals surface area contributed by atoms with Crippen LogP contribution in [0.5, 0.6) is 5.75 Å². The lowest BCUT2D eigenvalue weighted by molar-refractivity contribution is -0.384. The Morgan fingerprint density at radius 3 is 2.77 bits per heavy atom. The number of benzene rings is 2. The highest BCUT2D eigenvalue weighted by Crippen LogP contribution is 2.34. The predicted molar refractivity (Wildman–Crippen MR) is 108 cm³/mol. The normalized spacial score (nSPS) is 10.7. The van der Waals surface area contributed by atoms with Crippen LogP contribution in [0.2, 0.25) is 0 Å². The van der Waals surface area contributed by atoms with Gasteiger partial charge in [0.2, 0.25) is 0 Å². The number of nitro groups is 1. The van der Waals surface area contributed by atoms with Crippen molar-refractivity contribution >= 4 is 22.5 Å². The molecule has 0 aliphatic carbocycles. The molecule has 0 amide bonds. The molecule has 4 aromatic rings. The number of hydrogen-bond acceptors (Lipinski definition) is 6. The quantitative estimate of drug-likeness (QED) is 0.352. The Hall–Kier alpha value is -4.38. The zero-order valence-electron chi connectivity index (χ0n) is 15.9. The molecule has 0 bridgehead atoms. The van der Waals surface area contributed by atoms with Gasteiger partial charge in [0.15, 0.2) is 5.76 Å². The maximum absolute atomic E-state index is 13.0. The van der Waals surface area contributed by atoms with Crippen LogP contribution in [0.15, 0.2) is 65.2 Å². The van der Waals surface area contributed by atoms with E-state index in [0.717, 1.165) is 0 Å². The van der Waals surface area contributed by atoms with Crippen molar-refractivity contribution in [2.45, 2.75) is 6.92 Å². The van der Waals surface area contributed by atoms with E-state index >= 15 is 0 Å². The largest absolute Gasteiger partial charge is 0.494 e. The maximum atomic E-state index is 13.0. The van der Waals surface area contributed by atoms with Crippen LogP contribution >= 0.6 is 0 Å². The molecule has 0 N–H and O–H groups in total. The van der Waals surface area contributed by atoms with Crippen molar-refractivity contribution in [2.75, 3.05) is 6.61 Å². The molecule has 0 aliphatic heterocycles. The van der Waals surface area contributed by atoms with E-state index < -0.39 is 10.8 Å². The summed E-state index contributed by atoms with van der Waals surface area (Å²) in [7, 11) is 0. The van der Waals surface area contributed by atoms with Gasteiger partial charge in [0.1, 0.15) is 17.6 Å². The molecular weight excluding hydrogens is 386 g/mol. The van der Waals surface area contributed by atoms with Crippen LogP contribution in [0.4, 0.5) is 5.69 Å². The van der Waals surface area contributed by atoms with Gasteiger partial charge in [-0.3, -0.25) is 19.5 Å². The van der Waals surface area contributed by atoms with Crippen molar-refractivity contribution in [1.29, 1.82) is 5.26 Å². The van der Waals surface area contributed by atoms with Gasteiger partial charge in [-0.15, -0.1) is 0 Å². The van der Waals surface area contributed by atoms with E-state index in [1.807, 2.05) is 0 Å². The summed E-state index contributed by atoms with van der Waals surface area (Å²) in [4.78, 5) is 24.0. The van der Waals surface area contributed by atoms with E-state index in [1.165, 1.54) is 35.0 Å². The van der Waals surface area contributed by atoms with Gasteiger partial charge in [-0.2, -0.15) is 5.26 Å². The first-order chi connectivity index (χ1) is 14.5. The number of nitriles is 1. The summed E-state index contributed by atoms with van der Waals surface area (Å²) in [6, 6.07) is 16.5. The molecule has 0 spiro atoms. The van der Waals surface area contributed by atoms with Gasteiger partial charge in [-0.1, -0.05) is 18.2 Å². The van der Waals surface area contributed by atoms with E-state index in [9.17, 15) is 20.2 Å². The number of furan rings is 1. The Labute approximate surface area is 170 Å². The summed E-state index contributed by atoms with van der Waals surface area (Å²) < 4.78 is 12.3. The second-order valence-electron chi connectivity index (χ2n) is 6.38. The van der Waals surface area contributed by atoms with E-state index in [4.69, 9.17) is 9.15 Å². The first-order valence-electron chi connectivity index (χ1n) is 9.09. The first kappa shape index (κ1) is 19.0. The SMILES string of the molecule is CCOc1ccc(-c2ccc(C(=O)n3cc(C#N)c4ccccc43)o2)c([N+](=O)[O-])c1. The second-order valence-corrected chi connectivity index (χ2v) is 6.38. The molecule has 0 radical (unpaired) electrons. The molecule has 30 heavy (non-hydrogen) atoms. The van der Waals surface area contributed by atoms with Crippen molar-refractivity contribution in [3.63, 3.8) is 0 Å². The minimum Gasteiger partial charge on any atom is -0.494 e. The molecule has 2 heterocycles. The Kier molecular flexibility index (Phi) is 4.78. The smallest absolute Gasteiger partial charge is 0.298 e. The van der Waals surface area contributed by atoms with Crippen LogP contribution < -0.4 is 4.74 Å². The average Bonchev–Trinajstić information content (AvgIpc) is 3.39. The van der Waals surface area contributed by atoms with Gasteiger partial charge < -0.3 is 9.15 Å². The molecule has 148 valence electrons. The number of nitro benzene ring substituents is 1. The number of rotatable bonds is 5. The molecular formula is C22H15N3O5. The lowest BCUT2D eigenvalue weighted by Gasteiger charge is -2.05. The fourth-order valence-corrected chi connectivity index (χ4v) is 3.28. The molecule has 0 atom stereocenters. The van der Waals surface area contributed by atoms with Crippen molar-refractivity contribution in [1.82, 2.24) is 4.57 Å². The van der Waals surface area contributed by atoms with Crippen molar-refractivity contribution in [3.05, 3.63) is 82.2 Å². The fraction of sp³-hybridized carbons (Fsp3) is 0.0909. The number of carbonyl (C=O) groups excluding carboxylic acids is 1. The maximum Gasteiger partial charge on any atom is 0.298 e. The van der Waals surface area contributed by atoms with Crippen LogP contribution in [0.3, 0.4) is 0 Å². The minimum absolute atomic E-state index is 0.00146. The summed E-state index contributed by atoms with van der Waals surface area (Å²) >= 11 is 0. The topological polar surface area (TPSA) is 111 Å². The Morgan fingerprint density at radius 1 is 1.23 bits per heavy atom. The van der Waals surface area contributed by atoms with E-state index in [1.54, 1.807) is 37.3 Å². The van der Waals surface area contributed by atoms with Gasteiger partial charge >= 0.3 is 0 Å². The number of hydrogen-bond donors (Lipinski definition) is 0. The third-order valence-electron chi connectivity index (χ3n) is 4.61. The third kappa shape index (κ3) is 3.18. The number of para-hydroxylation sites is 1. The molecule has 4 rings (SSSR count). The molecule has 2 aromatic heterocycles. The third-order valence-corrected chi connectivity index (χ3v) is 4.61. The average molecular weight is 401 g/mol. The first-order valence-corrected chi connectivity index (χ1v) is 9.09. The highest BCUT2D eigenvalue weighted by atomic mass is 16.6. The monoisotopic (exact) mass is 401 g/mol. The number of fused-ring (bicyclic) bond motifs is 1. The zero-order chi connectivity index (χ0) is 21.3. The Bertz CT molecular complexity index is 1330. The molecule has 0 saturated carbocycles. The molecule has 0 aliphatic rings. The minimum atomic E-state index is -0.527. The van der Waals surface area contributed by atoms with Gasteiger partial charge in [-0.05, 0) is 37.3 Å². The summed E-state index contributed by atoms with van der Waals surface area (Å²) in [6.45, 7) is 2.16. The zero-order valence-corrected chi connectivity index (χ0v) is 15.9. The van der Waals surface area contributed by atoms with Gasteiger partial charge in [0.25, 0.3) is 11.6 Å².